The molecule has 0 saturated heterocycles. The van der Waals surface area contributed by atoms with Crippen LogP contribution in [-0.2, 0) is 0 Å². The topological polar surface area (TPSA) is 92.5 Å². The molecule has 9 heteroatoms. The Kier molecular flexibility index (Phi) is 2.67. The van der Waals surface area contributed by atoms with Gasteiger partial charge in [-0.25, -0.2) is 13.2 Å². The minimum absolute atomic E-state index is 0.0881. The summed E-state index contributed by atoms with van der Waals surface area (Å²) in [5.41, 5.74) is 5.40. The van der Waals surface area contributed by atoms with Crippen molar-refractivity contribution in [1.29, 1.82) is 0 Å². The first kappa shape index (κ1) is 12.2. The van der Waals surface area contributed by atoms with Gasteiger partial charge < -0.3 is 11.1 Å². The van der Waals surface area contributed by atoms with Crippen LogP contribution >= 0.6 is 0 Å². The van der Waals surface area contributed by atoms with Crippen LogP contribution in [0.25, 0.3) is 11.0 Å². The summed E-state index contributed by atoms with van der Waals surface area (Å²) in [5.74, 6) is -3.46. The van der Waals surface area contributed by atoms with Crippen LogP contribution in [0.2, 0.25) is 0 Å². The van der Waals surface area contributed by atoms with Crippen molar-refractivity contribution in [2.45, 2.75) is 0 Å². The summed E-state index contributed by atoms with van der Waals surface area (Å²) in [6.45, 7) is 0. The number of fused-ring (bicyclic) bond motifs is 1. The Hall–Kier alpha value is -2.84. The summed E-state index contributed by atoms with van der Waals surface area (Å²) >= 11 is 0. The van der Waals surface area contributed by atoms with Crippen LogP contribution in [0.15, 0.2) is 18.3 Å². The molecule has 0 unspecified atom stereocenters. The molecule has 0 aliphatic carbocycles. The van der Waals surface area contributed by atoms with Gasteiger partial charge in [0.2, 0.25) is 5.95 Å². The van der Waals surface area contributed by atoms with E-state index in [1.807, 2.05) is 0 Å². The predicted octanol–water partition coefficient (Wildman–Crippen LogP) is 2.10. The van der Waals surface area contributed by atoms with Crippen LogP contribution in [0, 0.1) is 17.5 Å². The van der Waals surface area contributed by atoms with E-state index in [2.05, 4.69) is 25.5 Å². The Morgan fingerprint density at radius 1 is 1.15 bits per heavy atom. The molecule has 3 aromatic rings. The average molecular weight is 280 g/mol. The minimum Gasteiger partial charge on any atom is -0.368 e. The fourth-order valence-corrected chi connectivity index (χ4v) is 1.72. The number of nitrogen functional groups attached to an aromatic ring is 1. The summed E-state index contributed by atoms with van der Waals surface area (Å²) in [5, 5.41) is 9.18. The third kappa shape index (κ3) is 1.98. The quantitative estimate of drug-likeness (QED) is 0.625. The van der Waals surface area contributed by atoms with Gasteiger partial charge in [0.25, 0.3) is 0 Å². The van der Waals surface area contributed by atoms with Crippen LogP contribution in [-0.4, -0.2) is 20.2 Å². The van der Waals surface area contributed by atoms with Crippen molar-refractivity contribution in [2.24, 2.45) is 0 Å². The zero-order chi connectivity index (χ0) is 14.3. The van der Waals surface area contributed by atoms with E-state index >= 15 is 0 Å². The highest BCUT2D eigenvalue weighted by atomic mass is 19.2. The number of hydrogen-bond acceptors (Lipinski definition) is 5. The molecule has 2 aromatic heterocycles. The van der Waals surface area contributed by atoms with Gasteiger partial charge in [0.15, 0.2) is 17.3 Å². The lowest BCUT2D eigenvalue weighted by atomic mass is 10.2. The molecule has 0 aliphatic rings. The van der Waals surface area contributed by atoms with Crippen LogP contribution in [0.3, 0.4) is 0 Å². The maximum absolute atomic E-state index is 13.6. The van der Waals surface area contributed by atoms with E-state index in [0.29, 0.717) is 17.1 Å². The SMILES string of the molecule is Nc1nc(Nc2cc(F)cc(F)c2F)c2cn[nH]c2n1. The van der Waals surface area contributed by atoms with Crippen molar-refractivity contribution >= 4 is 28.5 Å². The number of hydrogen-bond donors (Lipinski definition) is 3. The number of nitrogens with two attached hydrogens (primary N) is 1. The maximum Gasteiger partial charge on any atom is 0.224 e. The second kappa shape index (κ2) is 4.37. The van der Waals surface area contributed by atoms with Crippen molar-refractivity contribution in [3.63, 3.8) is 0 Å². The molecule has 102 valence electrons. The number of anilines is 3. The fraction of sp³-hybridized carbons (Fsp3) is 0. The lowest BCUT2D eigenvalue weighted by Crippen LogP contribution is -2.03. The number of halogens is 3. The number of aromatic amines is 1. The minimum atomic E-state index is -1.31. The Morgan fingerprint density at radius 3 is 2.75 bits per heavy atom. The first-order chi connectivity index (χ1) is 9.54. The summed E-state index contributed by atoms with van der Waals surface area (Å²) in [6, 6.07) is 1.25. The Bertz CT molecular complexity index is 800. The van der Waals surface area contributed by atoms with Gasteiger partial charge in [-0.1, -0.05) is 0 Å². The third-order valence-corrected chi connectivity index (χ3v) is 2.57. The van der Waals surface area contributed by atoms with Crippen LogP contribution in [0.1, 0.15) is 0 Å². The van der Waals surface area contributed by atoms with E-state index in [0.717, 1.165) is 6.07 Å². The van der Waals surface area contributed by atoms with Gasteiger partial charge in [-0.3, -0.25) is 5.10 Å². The molecule has 0 aliphatic heterocycles. The molecule has 6 nitrogen and oxygen atoms in total. The molecule has 0 atom stereocenters. The standard InChI is InChI=1S/C11H7F3N6/c12-4-1-6(13)8(14)7(2-4)17-9-5-3-16-20-10(5)19-11(15)18-9/h1-3H,(H4,15,16,17,18,19,20). The molecule has 4 N–H and O–H groups in total. The molecular formula is C11H7F3N6. The van der Waals surface area contributed by atoms with E-state index in [4.69, 9.17) is 5.73 Å². The lowest BCUT2D eigenvalue weighted by Gasteiger charge is -2.08. The van der Waals surface area contributed by atoms with Crippen molar-refractivity contribution in [3.05, 3.63) is 35.8 Å². The Balaban J connectivity index is 2.12. The maximum atomic E-state index is 13.6. The third-order valence-electron chi connectivity index (χ3n) is 2.57. The number of H-pyrrole nitrogens is 1. The predicted molar refractivity (Wildman–Crippen MR) is 65.7 cm³/mol. The number of aromatic nitrogens is 4. The summed E-state index contributed by atoms with van der Waals surface area (Å²) in [6.07, 6.45) is 1.38. The molecule has 0 amide bonds. The zero-order valence-electron chi connectivity index (χ0n) is 9.78. The average Bonchev–Trinajstić information content (AvgIpc) is 2.83. The van der Waals surface area contributed by atoms with Crippen molar-refractivity contribution < 1.29 is 13.2 Å². The van der Waals surface area contributed by atoms with Gasteiger partial charge in [0.05, 0.1) is 17.3 Å². The van der Waals surface area contributed by atoms with E-state index in [9.17, 15) is 13.2 Å². The van der Waals surface area contributed by atoms with Crippen molar-refractivity contribution in [2.75, 3.05) is 11.1 Å². The lowest BCUT2D eigenvalue weighted by molar-refractivity contribution is 0.498. The second-order valence-corrected chi connectivity index (χ2v) is 3.94. The van der Waals surface area contributed by atoms with Crippen LogP contribution < -0.4 is 11.1 Å². The molecule has 0 radical (unpaired) electrons. The van der Waals surface area contributed by atoms with Crippen molar-refractivity contribution in [1.82, 2.24) is 20.2 Å². The number of nitrogens with one attached hydrogen (secondary N) is 2. The van der Waals surface area contributed by atoms with Gasteiger partial charge in [0, 0.05) is 12.1 Å². The smallest absolute Gasteiger partial charge is 0.224 e. The molecule has 3 rings (SSSR count). The molecule has 0 bridgehead atoms. The van der Waals surface area contributed by atoms with Gasteiger partial charge in [-0.05, 0) is 0 Å². The van der Waals surface area contributed by atoms with Crippen LogP contribution in [0.5, 0.6) is 0 Å². The number of benzene rings is 1. The van der Waals surface area contributed by atoms with Crippen LogP contribution in [0.4, 0.5) is 30.6 Å². The molecule has 0 spiro atoms. The Labute approximate surface area is 109 Å². The summed E-state index contributed by atoms with van der Waals surface area (Å²) in [4.78, 5) is 7.72. The highest BCUT2D eigenvalue weighted by molar-refractivity contribution is 5.88. The molecule has 20 heavy (non-hydrogen) atoms. The zero-order valence-corrected chi connectivity index (χ0v) is 9.78. The van der Waals surface area contributed by atoms with Gasteiger partial charge in [0.1, 0.15) is 11.6 Å². The molecule has 1 aromatic carbocycles. The molecule has 0 saturated carbocycles. The monoisotopic (exact) mass is 280 g/mol. The van der Waals surface area contributed by atoms with E-state index < -0.39 is 23.1 Å². The molecule has 0 fully saturated rings. The molecular weight excluding hydrogens is 273 g/mol. The first-order valence-electron chi connectivity index (χ1n) is 5.43. The number of rotatable bonds is 2. The summed E-state index contributed by atoms with van der Waals surface area (Å²) < 4.78 is 39.9. The van der Waals surface area contributed by atoms with E-state index in [-0.39, 0.29) is 11.8 Å². The highest BCUT2D eigenvalue weighted by Crippen LogP contribution is 2.26. The normalized spacial score (nSPS) is 10.9. The fourth-order valence-electron chi connectivity index (χ4n) is 1.72. The highest BCUT2D eigenvalue weighted by Gasteiger charge is 2.14. The number of nitrogens with zero attached hydrogens (tertiary/aromatic N) is 3. The van der Waals surface area contributed by atoms with Gasteiger partial charge in [-0.15, -0.1) is 0 Å². The van der Waals surface area contributed by atoms with Gasteiger partial charge >= 0.3 is 0 Å². The largest absolute Gasteiger partial charge is 0.368 e. The second-order valence-electron chi connectivity index (χ2n) is 3.94. The van der Waals surface area contributed by atoms with E-state index in [1.54, 1.807) is 0 Å². The summed E-state index contributed by atoms with van der Waals surface area (Å²) in [7, 11) is 0. The molecule has 2 heterocycles. The first-order valence-corrected chi connectivity index (χ1v) is 5.43. The Morgan fingerprint density at radius 2 is 1.95 bits per heavy atom. The van der Waals surface area contributed by atoms with Crippen molar-refractivity contribution in [3.8, 4) is 0 Å². The van der Waals surface area contributed by atoms with Gasteiger partial charge in [-0.2, -0.15) is 15.1 Å². The van der Waals surface area contributed by atoms with E-state index in [1.165, 1.54) is 6.20 Å².